The van der Waals surface area contributed by atoms with Gasteiger partial charge in [0.15, 0.2) is 11.9 Å². The van der Waals surface area contributed by atoms with Gasteiger partial charge < -0.3 is 74.9 Å². The Morgan fingerprint density at radius 3 is 1.21 bits per heavy atom. The van der Waals surface area contributed by atoms with Crippen molar-refractivity contribution in [3.8, 4) is 11.1 Å². The van der Waals surface area contributed by atoms with E-state index >= 15 is 0 Å². The number of benzene rings is 12. The summed E-state index contributed by atoms with van der Waals surface area (Å²) in [6, 6.07) is 93.0. The van der Waals surface area contributed by atoms with Gasteiger partial charge >= 0.3 is 0 Å². The lowest BCUT2D eigenvalue weighted by atomic mass is 9.90. The minimum atomic E-state index is -0.421. The van der Waals surface area contributed by atoms with Crippen molar-refractivity contribution in [2.75, 3.05) is 76.9 Å². The number of aliphatic imine (C=N–C) groups is 2. The fourth-order valence-electron chi connectivity index (χ4n) is 18.8. The van der Waals surface area contributed by atoms with E-state index in [2.05, 4.69) is 173 Å². The topological polar surface area (TPSA) is 325 Å². The lowest BCUT2D eigenvalue weighted by molar-refractivity contribution is -0.133. The Balaban J connectivity index is 0.000000148. The molecule has 5 aliphatic rings. The number of carbonyl (C=O) groups is 6. The molecular weight excluding hydrogens is 1590 g/mol. The molecule has 3 heterocycles. The average molecular weight is 1710 g/mol. The number of carbonyl (C=O) groups excluding carboxylic acids is 6. The van der Waals surface area contributed by atoms with Crippen molar-refractivity contribution in [3.63, 3.8) is 0 Å². The highest BCUT2D eigenvalue weighted by atomic mass is 16.2. The van der Waals surface area contributed by atoms with Crippen LogP contribution in [0.1, 0.15) is 155 Å². The molecule has 0 radical (unpaired) electrons. The van der Waals surface area contributed by atoms with E-state index in [0.29, 0.717) is 120 Å². The minimum Gasteiger partial charge on any atom is -0.370 e. The largest absolute Gasteiger partial charge is 0.370 e. The molecule has 3 saturated heterocycles. The Labute approximate surface area is 750 Å². The summed E-state index contributed by atoms with van der Waals surface area (Å²) in [7, 11) is 0. The van der Waals surface area contributed by atoms with Crippen LogP contribution in [-0.2, 0) is 14.4 Å². The van der Waals surface area contributed by atoms with Crippen molar-refractivity contribution in [2.24, 2.45) is 32.9 Å². The first-order valence-corrected chi connectivity index (χ1v) is 45.7. The van der Waals surface area contributed by atoms with Crippen molar-refractivity contribution >= 4 is 96.1 Å². The molecule has 6 amide bonds. The van der Waals surface area contributed by atoms with Gasteiger partial charge in [-0.1, -0.05) is 250 Å². The third kappa shape index (κ3) is 23.8. The number of hydrogen-bond donors (Lipinski definition) is 11. The highest BCUT2D eigenvalue weighted by molar-refractivity contribution is 6.02. The molecule has 0 aromatic heterocycles. The summed E-state index contributed by atoms with van der Waals surface area (Å²) in [6.45, 7) is 6.18. The Morgan fingerprint density at radius 2 is 0.758 bits per heavy atom. The molecule has 0 spiro atoms. The summed E-state index contributed by atoms with van der Waals surface area (Å²) in [6.07, 6.45) is 12.9. The monoisotopic (exact) mass is 1710 g/mol. The molecule has 15 N–H and O–H groups in total. The molecule has 3 aliphatic heterocycles. The number of fused-ring (bicyclic) bond motifs is 7. The molecule has 12 aromatic carbocycles. The fourth-order valence-corrected chi connectivity index (χ4v) is 18.8. The molecule has 22 nitrogen and oxygen atoms in total. The van der Waals surface area contributed by atoms with Crippen molar-refractivity contribution in [2.45, 2.75) is 144 Å². The summed E-state index contributed by atoms with van der Waals surface area (Å²) in [5.74, 6) is 0.216. The average Bonchev–Trinajstić information content (AvgIpc) is 1.61. The number of nitrogens with two attached hydrogens (primary N) is 4. The van der Waals surface area contributed by atoms with Gasteiger partial charge in [-0.2, -0.15) is 0 Å². The lowest BCUT2D eigenvalue weighted by Gasteiger charge is -2.29. The summed E-state index contributed by atoms with van der Waals surface area (Å²) in [5.41, 5.74) is 32.2. The number of nitrogens with zero attached hydrogens (tertiary/aromatic N) is 5. The van der Waals surface area contributed by atoms with Gasteiger partial charge in [-0.05, 0) is 202 Å². The quantitative estimate of drug-likeness (QED) is 0.0118. The van der Waals surface area contributed by atoms with E-state index in [1.807, 2.05) is 168 Å². The predicted molar refractivity (Wildman–Crippen MR) is 517 cm³/mol. The highest BCUT2D eigenvalue weighted by Gasteiger charge is 2.38. The highest BCUT2D eigenvalue weighted by Crippen LogP contribution is 2.45. The number of rotatable bonds is 29. The van der Waals surface area contributed by atoms with Crippen molar-refractivity contribution in [3.05, 3.63) is 318 Å². The molecular formula is C106H120N16O6. The van der Waals surface area contributed by atoms with E-state index in [9.17, 15) is 28.8 Å². The molecule has 1 saturated carbocycles. The zero-order chi connectivity index (χ0) is 88.5. The Hall–Kier alpha value is -13.1. The van der Waals surface area contributed by atoms with Crippen LogP contribution in [0, 0.1) is 0 Å². The molecule has 4 fully saturated rings. The number of nitrogens with one attached hydrogen (secondary N) is 7. The van der Waals surface area contributed by atoms with Crippen LogP contribution in [0.25, 0.3) is 54.2 Å². The number of hydrogen-bond acceptors (Lipinski definition) is 12. The summed E-state index contributed by atoms with van der Waals surface area (Å²) in [4.78, 5) is 95.4. The predicted octanol–water partition coefficient (Wildman–Crippen LogP) is 14.2. The number of amides is 6. The van der Waals surface area contributed by atoms with E-state index < -0.39 is 12.1 Å². The normalized spacial score (nSPS) is 18.4. The van der Waals surface area contributed by atoms with E-state index in [4.69, 9.17) is 22.9 Å². The Kier molecular flexibility index (Phi) is 31.1. The van der Waals surface area contributed by atoms with Gasteiger partial charge in [0, 0.05) is 124 Å². The maximum atomic E-state index is 14.2. The smallest absolute Gasteiger partial charge is 0.251 e. The van der Waals surface area contributed by atoms with Gasteiger partial charge in [0.1, 0.15) is 0 Å². The van der Waals surface area contributed by atoms with E-state index in [0.717, 1.165) is 81.0 Å². The summed E-state index contributed by atoms with van der Waals surface area (Å²) < 4.78 is 0. The maximum Gasteiger partial charge on any atom is 0.251 e. The maximum absolute atomic E-state index is 14.2. The second-order valence-electron chi connectivity index (χ2n) is 34.5. The van der Waals surface area contributed by atoms with Crippen molar-refractivity contribution in [1.29, 1.82) is 0 Å². The zero-order valence-corrected chi connectivity index (χ0v) is 72.9. The molecule has 660 valence electrons. The Bertz CT molecular complexity index is 5770. The van der Waals surface area contributed by atoms with Crippen molar-refractivity contribution in [1.82, 2.24) is 47.0 Å². The lowest BCUT2D eigenvalue weighted by Crippen LogP contribution is -2.49. The second-order valence-corrected chi connectivity index (χ2v) is 34.5. The van der Waals surface area contributed by atoms with Crippen molar-refractivity contribution < 1.29 is 28.8 Å². The first-order chi connectivity index (χ1) is 62.6. The van der Waals surface area contributed by atoms with Crippen LogP contribution < -0.4 is 65.1 Å². The van der Waals surface area contributed by atoms with Crippen LogP contribution in [0.3, 0.4) is 0 Å². The van der Waals surface area contributed by atoms with Gasteiger partial charge in [0.2, 0.25) is 17.7 Å². The molecule has 2 aliphatic carbocycles. The second kappa shape index (κ2) is 44.4. The molecule has 0 unspecified atom stereocenters. The first-order valence-electron chi connectivity index (χ1n) is 45.7. The summed E-state index contributed by atoms with van der Waals surface area (Å²) >= 11 is 0. The van der Waals surface area contributed by atoms with Gasteiger partial charge in [0.05, 0.1) is 18.1 Å². The number of anilines is 1. The molecule has 12 aromatic rings. The van der Waals surface area contributed by atoms with E-state index in [1.54, 1.807) is 0 Å². The molecule has 17 rings (SSSR count). The van der Waals surface area contributed by atoms with Crippen LogP contribution in [0.15, 0.2) is 289 Å². The van der Waals surface area contributed by atoms with Crippen LogP contribution >= 0.6 is 0 Å². The SMILES string of the molecule is NC(N)=NCCC[C@@H]1N[C@H](CNC(=O)c2ccc3ccccc3c2)CCN(CC2c3ccccc3-c3ccccc32)C1=O.NC(N)=NCCC[C@@H]1N[C@H](CNC(=O)c2ccc3ccccc3c2)CCN(c2ccc3ccccc3c2)C1=O.O=C(NC[C@@H]1CCN(CC(c2ccccc2)c2ccccc2)C(=O)[C@H](CCCNC2CCCCC2)N1)c1ccc2ccccc2c1. The van der Waals surface area contributed by atoms with Gasteiger partial charge in [-0.3, -0.25) is 38.8 Å². The van der Waals surface area contributed by atoms with Gasteiger partial charge in [-0.15, -0.1) is 0 Å². The Morgan fingerprint density at radius 1 is 0.383 bits per heavy atom. The fraction of sp³-hybridized carbons (Fsp3) is 0.321. The standard InChI is InChI=1S/C40H48N4O2.C35H38N6O2.C31H34N6O2/c45-39(34-23-22-30-13-10-11-18-33(30)27-34)42-28-36-24-26-44(29-37(31-14-4-1-5-15-31)32-16-6-2-7-17-32)40(46)38(43-36)21-12-25-41-35-19-8-3-9-20-35;36-35(37)38-18-7-14-32-34(43)41(22-31-29-12-5-3-10-27(29)28-11-4-6-13-30(28)31)19-17-26(40-32)21-39-33(42)25-16-15-23-8-1-2-9-24(23)20-25;32-31(33)34-16-5-10-28-30(39)37(27-14-13-22-7-2-4-9-24(22)19-27)17-15-26(36-28)20-35-29(38)25-12-11-21-6-1-3-8-23(21)18-25/h1-2,4-7,10-11,13-18,22-23,27,35-38,41,43H,3,8-9,12,19-21,24-26,28-29H2,(H,42,45);1-6,8-13,15-16,20,26,31-32,40H,7,14,17-19,21-22H2,(H,39,42)(H4,36,37,38);1-4,6-9,11-14,18-19,26,28,36H,5,10,15-17,20H2,(H,35,38)(H4,32,33,34)/t36-,38-;26-,32-;26-,28-/m000/s1. The third-order valence-electron chi connectivity index (χ3n) is 25.7. The van der Waals surface area contributed by atoms with Crippen LogP contribution in [0.5, 0.6) is 0 Å². The van der Waals surface area contributed by atoms with Crippen LogP contribution in [0.2, 0.25) is 0 Å². The van der Waals surface area contributed by atoms with Gasteiger partial charge in [0.25, 0.3) is 17.7 Å². The van der Waals surface area contributed by atoms with Crippen LogP contribution in [-0.4, -0.2) is 171 Å². The minimum absolute atomic E-state index is 0.00145. The third-order valence-corrected chi connectivity index (χ3v) is 25.7. The van der Waals surface area contributed by atoms with E-state index in [1.165, 1.54) is 65.5 Å². The molecule has 128 heavy (non-hydrogen) atoms. The van der Waals surface area contributed by atoms with E-state index in [-0.39, 0.29) is 83.4 Å². The van der Waals surface area contributed by atoms with Crippen LogP contribution in [0.4, 0.5) is 5.69 Å². The van der Waals surface area contributed by atoms with Gasteiger partial charge in [-0.25, -0.2) is 0 Å². The zero-order valence-electron chi connectivity index (χ0n) is 72.9. The summed E-state index contributed by atoms with van der Waals surface area (Å²) in [5, 5.41) is 32.5. The molecule has 22 heteroatoms. The first kappa shape index (κ1) is 89.7. The number of guanidine groups is 2. The molecule has 6 atom stereocenters. The molecule has 0 bridgehead atoms.